The molecule has 1 rings (SSSR count). The number of nitrogens with one attached hydrogen (secondary N) is 1. The van der Waals surface area contributed by atoms with Gasteiger partial charge < -0.3 is 5.32 Å². The van der Waals surface area contributed by atoms with Gasteiger partial charge in [0.2, 0.25) is 0 Å². The molecule has 74 valence electrons. The highest BCUT2D eigenvalue weighted by Gasteiger charge is 2.14. The van der Waals surface area contributed by atoms with E-state index in [0.717, 1.165) is 0 Å². The smallest absolute Gasteiger partial charge is 0.0139 e. The largest absolute Gasteiger partial charge is 0.311 e. The summed E-state index contributed by atoms with van der Waals surface area (Å²) in [5, 5.41) is 3.62. The van der Waals surface area contributed by atoms with E-state index in [1.807, 2.05) is 0 Å². The molecule has 2 atom stereocenters. The molecule has 0 fully saturated rings. The normalized spacial score (nSPS) is 20.8. The third kappa shape index (κ3) is 3.35. The predicted octanol–water partition coefficient (Wildman–Crippen LogP) is 2.90. The molecular weight excluding hydrogens is 158 g/mol. The van der Waals surface area contributed by atoms with Crippen LogP contribution < -0.4 is 5.32 Å². The van der Waals surface area contributed by atoms with E-state index in [4.69, 9.17) is 0 Å². The molecule has 1 heteroatoms. The average Bonchev–Trinajstić information content (AvgIpc) is 2.55. The van der Waals surface area contributed by atoms with E-state index in [9.17, 15) is 0 Å². The van der Waals surface area contributed by atoms with Gasteiger partial charge in [0.1, 0.15) is 0 Å². The number of hydrogen-bond donors (Lipinski definition) is 1. The third-order valence-electron chi connectivity index (χ3n) is 2.62. The number of rotatable bonds is 5. The molecular formula is C12H21N. The van der Waals surface area contributed by atoms with Gasteiger partial charge in [-0.15, -0.1) is 0 Å². The van der Waals surface area contributed by atoms with Gasteiger partial charge in [-0.1, -0.05) is 37.6 Å². The van der Waals surface area contributed by atoms with Crippen molar-refractivity contribution in [1.29, 1.82) is 0 Å². The van der Waals surface area contributed by atoms with E-state index in [2.05, 4.69) is 50.4 Å². The lowest BCUT2D eigenvalue weighted by Crippen LogP contribution is -2.38. The van der Waals surface area contributed by atoms with Gasteiger partial charge >= 0.3 is 0 Å². The summed E-state index contributed by atoms with van der Waals surface area (Å²) < 4.78 is 0. The van der Waals surface area contributed by atoms with Gasteiger partial charge in [-0.2, -0.15) is 0 Å². The third-order valence-corrected chi connectivity index (χ3v) is 2.62. The standard InChI is InChI=1S/C12H21N/c1-4-7-10(2)13-11(3)12-8-5-6-9-12/h5-6,8-13H,4,7H2,1-3H3. The van der Waals surface area contributed by atoms with E-state index in [1.54, 1.807) is 0 Å². The Bertz CT molecular complexity index is 181. The molecule has 0 saturated carbocycles. The van der Waals surface area contributed by atoms with E-state index in [1.165, 1.54) is 12.8 Å². The van der Waals surface area contributed by atoms with Crippen LogP contribution in [0.25, 0.3) is 0 Å². The summed E-state index contributed by atoms with van der Waals surface area (Å²) in [6.45, 7) is 6.76. The SMILES string of the molecule is CCCC(C)NC(C)C1C=CC=C1. The summed E-state index contributed by atoms with van der Waals surface area (Å²) in [5.74, 6) is 0.597. The van der Waals surface area contributed by atoms with Crippen molar-refractivity contribution < 1.29 is 0 Å². The monoisotopic (exact) mass is 179 g/mol. The quantitative estimate of drug-likeness (QED) is 0.684. The van der Waals surface area contributed by atoms with Crippen molar-refractivity contribution >= 4 is 0 Å². The molecule has 0 amide bonds. The van der Waals surface area contributed by atoms with Crippen LogP contribution in [0.5, 0.6) is 0 Å². The van der Waals surface area contributed by atoms with Crippen LogP contribution in [-0.2, 0) is 0 Å². The van der Waals surface area contributed by atoms with Gasteiger partial charge in [0.25, 0.3) is 0 Å². The van der Waals surface area contributed by atoms with Gasteiger partial charge in [0.05, 0.1) is 0 Å². The van der Waals surface area contributed by atoms with Crippen LogP contribution in [0, 0.1) is 5.92 Å². The van der Waals surface area contributed by atoms with Crippen molar-refractivity contribution in [2.45, 2.75) is 45.7 Å². The summed E-state index contributed by atoms with van der Waals surface area (Å²) in [5.41, 5.74) is 0. The lowest BCUT2D eigenvalue weighted by molar-refractivity contribution is 0.411. The molecule has 13 heavy (non-hydrogen) atoms. The van der Waals surface area contributed by atoms with E-state index in [0.29, 0.717) is 18.0 Å². The van der Waals surface area contributed by atoms with Crippen LogP contribution in [0.15, 0.2) is 24.3 Å². The Morgan fingerprint density at radius 1 is 1.23 bits per heavy atom. The maximum absolute atomic E-state index is 3.62. The van der Waals surface area contributed by atoms with E-state index in [-0.39, 0.29) is 0 Å². The second kappa shape index (κ2) is 5.23. The van der Waals surface area contributed by atoms with Crippen LogP contribution >= 0.6 is 0 Å². The number of hydrogen-bond acceptors (Lipinski definition) is 1. The van der Waals surface area contributed by atoms with Crippen LogP contribution in [-0.4, -0.2) is 12.1 Å². The summed E-state index contributed by atoms with van der Waals surface area (Å²) >= 11 is 0. The molecule has 0 radical (unpaired) electrons. The maximum atomic E-state index is 3.62. The Labute approximate surface area is 81.9 Å². The molecule has 0 bridgehead atoms. The summed E-state index contributed by atoms with van der Waals surface area (Å²) in [6.07, 6.45) is 11.3. The van der Waals surface area contributed by atoms with Gasteiger partial charge in [-0.05, 0) is 20.3 Å². The predicted molar refractivity (Wildman–Crippen MR) is 58.7 cm³/mol. The van der Waals surface area contributed by atoms with Crippen molar-refractivity contribution in [3.8, 4) is 0 Å². The minimum Gasteiger partial charge on any atom is -0.311 e. The maximum Gasteiger partial charge on any atom is 0.0139 e. The Morgan fingerprint density at radius 3 is 2.38 bits per heavy atom. The average molecular weight is 179 g/mol. The first-order valence-electron chi connectivity index (χ1n) is 5.35. The molecule has 2 unspecified atom stereocenters. The van der Waals surface area contributed by atoms with Crippen molar-refractivity contribution in [2.75, 3.05) is 0 Å². The fourth-order valence-corrected chi connectivity index (χ4v) is 1.86. The van der Waals surface area contributed by atoms with Gasteiger partial charge in [0.15, 0.2) is 0 Å². The molecule has 0 saturated heterocycles. The van der Waals surface area contributed by atoms with Crippen molar-refractivity contribution in [3.63, 3.8) is 0 Å². The highest BCUT2D eigenvalue weighted by Crippen LogP contribution is 2.14. The number of allylic oxidation sites excluding steroid dienone is 2. The van der Waals surface area contributed by atoms with E-state index >= 15 is 0 Å². The van der Waals surface area contributed by atoms with Crippen LogP contribution in [0.3, 0.4) is 0 Å². The molecule has 0 heterocycles. The van der Waals surface area contributed by atoms with Crippen molar-refractivity contribution in [3.05, 3.63) is 24.3 Å². The van der Waals surface area contributed by atoms with E-state index < -0.39 is 0 Å². The fraction of sp³-hybridized carbons (Fsp3) is 0.667. The first-order valence-corrected chi connectivity index (χ1v) is 5.35. The summed E-state index contributed by atoms with van der Waals surface area (Å²) in [4.78, 5) is 0. The molecule has 1 aliphatic carbocycles. The van der Waals surface area contributed by atoms with Crippen molar-refractivity contribution in [1.82, 2.24) is 5.32 Å². The van der Waals surface area contributed by atoms with Crippen LogP contribution in [0.2, 0.25) is 0 Å². The van der Waals surface area contributed by atoms with Crippen molar-refractivity contribution in [2.24, 2.45) is 5.92 Å². The second-order valence-electron chi connectivity index (χ2n) is 3.99. The molecule has 1 nitrogen and oxygen atoms in total. The first kappa shape index (κ1) is 10.5. The lowest BCUT2D eigenvalue weighted by Gasteiger charge is -2.22. The lowest BCUT2D eigenvalue weighted by atomic mass is 10.0. The zero-order valence-corrected chi connectivity index (χ0v) is 8.96. The highest BCUT2D eigenvalue weighted by molar-refractivity contribution is 5.19. The summed E-state index contributed by atoms with van der Waals surface area (Å²) in [7, 11) is 0. The van der Waals surface area contributed by atoms with Gasteiger partial charge in [0, 0.05) is 18.0 Å². The highest BCUT2D eigenvalue weighted by atomic mass is 14.9. The Hall–Kier alpha value is -0.560. The summed E-state index contributed by atoms with van der Waals surface area (Å²) in [6, 6.07) is 1.21. The molecule has 0 spiro atoms. The second-order valence-corrected chi connectivity index (χ2v) is 3.99. The molecule has 1 aliphatic rings. The topological polar surface area (TPSA) is 12.0 Å². The van der Waals surface area contributed by atoms with Gasteiger partial charge in [-0.3, -0.25) is 0 Å². The first-order chi connectivity index (χ1) is 6.24. The van der Waals surface area contributed by atoms with Crippen LogP contribution in [0.1, 0.15) is 33.6 Å². The molecule has 0 aliphatic heterocycles. The molecule has 0 aromatic rings. The Balaban J connectivity index is 2.27. The fourth-order valence-electron chi connectivity index (χ4n) is 1.86. The molecule has 0 aromatic carbocycles. The minimum atomic E-state index is 0.566. The Kier molecular flexibility index (Phi) is 4.23. The Morgan fingerprint density at radius 2 is 1.85 bits per heavy atom. The zero-order valence-electron chi connectivity index (χ0n) is 8.96. The van der Waals surface area contributed by atoms with Crippen LogP contribution in [0.4, 0.5) is 0 Å². The minimum absolute atomic E-state index is 0.566. The molecule has 1 N–H and O–H groups in total. The molecule has 0 aromatic heterocycles. The van der Waals surface area contributed by atoms with Gasteiger partial charge in [-0.25, -0.2) is 0 Å². The zero-order chi connectivity index (χ0) is 9.68.